The first-order valence-electron chi connectivity index (χ1n) is 7.58. The second-order valence-corrected chi connectivity index (χ2v) is 5.58. The molecule has 7 nitrogen and oxygen atoms in total. The summed E-state index contributed by atoms with van der Waals surface area (Å²) in [4.78, 5) is 11.9. The second-order valence-electron chi connectivity index (χ2n) is 5.58. The lowest BCUT2D eigenvalue weighted by Gasteiger charge is -2.13. The summed E-state index contributed by atoms with van der Waals surface area (Å²) in [7, 11) is 0. The highest BCUT2D eigenvalue weighted by molar-refractivity contribution is 5.73. The third kappa shape index (κ3) is 4.15. The zero-order chi connectivity index (χ0) is 16.1. The van der Waals surface area contributed by atoms with E-state index in [-0.39, 0.29) is 12.8 Å². The minimum absolute atomic E-state index is 0.185. The standard InChI is InChI=1S/C16H20N4O3/c1-12(10-20-6-2-5-19-20)8-17-16(21)18-9-13-3-4-14-15(7-13)23-11-22-14/h2-7,12H,8-11H2,1H3,(H2,17,18,21)/t12-/m0/s1. The van der Waals surface area contributed by atoms with Crippen LogP contribution in [0.15, 0.2) is 36.7 Å². The highest BCUT2D eigenvalue weighted by atomic mass is 16.7. The fourth-order valence-electron chi connectivity index (χ4n) is 2.36. The van der Waals surface area contributed by atoms with Crippen LogP contribution in [0.4, 0.5) is 4.79 Å². The summed E-state index contributed by atoms with van der Waals surface area (Å²) < 4.78 is 12.4. The number of rotatable bonds is 6. The van der Waals surface area contributed by atoms with Gasteiger partial charge >= 0.3 is 6.03 Å². The maximum Gasteiger partial charge on any atom is 0.315 e. The number of benzene rings is 1. The van der Waals surface area contributed by atoms with Crippen LogP contribution >= 0.6 is 0 Å². The number of hydrogen-bond acceptors (Lipinski definition) is 4. The van der Waals surface area contributed by atoms with Gasteiger partial charge in [0, 0.05) is 32.0 Å². The lowest BCUT2D eigenvalue weighted by molar-refractivity contribution is 0.174. The van der Waals surface area contributed by atoms with Gasteiger partial charge in [0.25, 0.3) is 0 Å². The van der Waals surface area contributed by atoms with Crippen LogP contribution in [0.5, 0.6) is 11.5 Å². The monoisotopic (exact) mass is 316 g/mol. The third-order valence-corrected chi connectivity index (χ3v) is 3.56. The molecule has 1 aliphatic rings. The molecule has 0 saturated carbocycles. The molecule has 0 unspecified atom stereocenters. The number of nitrogens with zero attached hydrogens (tertiary/aromatic N) is 2. The first-order chi connectivity index (χ1) is 11.2. The van der Waals surface area contributed by atoms with Crippen molar-refractivity contribution in [2.24, 2.45) is 5.92 Å². The van der Waals surface area contributed by atoms with Crippen LogP contribution in [-0.2, 0) is 13.1 Å². The van der Waals surface area contributed by atoms with Gasteiger partial charge in [-0.25, -0.2) is 4.79 Å². The molecule has 1 aliphatic heterocycles. The van der Waals surface area contributed by atoms with Gasteiger partial charge in [0.15, 0.2) is 11.5 Å². The van der Waals surface area contributed by atoms with Crippen LogP contribution in [0.2, 0.25) is 0 Å². The molecule has 0 spiro atoms. The van der Waals surface area contributed by atoms with E-state index in [1.807, 2.05) is 35.1 Å². The van der Waals surface area contributed by atoms with Gasteiger partial charge in [0.2, 0.25) is 6.79 Å². The lowest BCUT2D eigenvalue weighted by atomic mass is 10.2. The molecule has 0 fully saturated rings. The SMILES string of the molecule is C[C@@H](CNC(=O)NCc1ccc2c(c1)OCO2)Cn1cccn1. The average Bonchev–Trinajstić information content (AvgIpc) is 3.21. The van der Waals surface area contributed by atoms with Crippen molar-refractivity contribution >= 4 is 6.03 Å². The van der Waals surface area contributed by atoms with Crippen LogP contribution < -0.4 is 20.1 Å². The molecule has 2 N–H and O–H groups in total. The molecule has 23 heavy (non-hydrogen) atoms. The van der Waals surface area contributed by atoms with Gasteiger partial charge in [-0.05, 0) is 29.7 Å². The number of hydrogen-bond donors (Lipinski definition) is 2. The van der Waals surface area contributed by atoms with E-state index in [4.69, 9.17) is 9.47 Å². The first kappa shape index (κ1) is 15.2. The van der Waals surface area contributed by atoms with Crippen molar-refractivity contribution in [3.05, 3.63) is 42.2 Å². The topological polar surface area (TPSA) is 77.4 Å². The Hall–Kier alpha value is -2.70. The number of nitrogens with one attached hydrogen (secondary N) is 2. The molecule has 0 aliphatic carbocycles. The molecule has 0 bridgehead atoms. The quantitative estimate of drug-likeness (QED) is 0.851. The van der Waals surface area contributed by atoms with Gasteiger partial charge in [0.1, 0.15) is 0 Å². The van der Waals surface area contributed by atoms with E-state index in [1.165, 1.54) is 0 Å². The average molecular weight is 316 g/mol. The number of carbonyl (C=O) groups excluding carboxylic acids is 1. The number of aromatic nitrogens is 2. The van der Waals surface area contributed by atoms with Gasteiger partial charge in [-0.3, -0.25) is 4.68 Å². The molecular formula is C16H20N4O3. The van der Waals surface area contributed by atoms with Crippen LogP contribution in [0.1, 0.15) is 12.5 Å². The number of amides is 2. The number of urea groups is 1. The first-order valence-corrected chi connectivity index (χ1v) is 7.58. The van der Waals surface area contributed by atoms with E-state index in [2.05, 4.69) is 22.7 Å². The van der Waals surface area contributed by atoms with Crippen molar-refractivity contribution < 1.29 is 14.3 Å². The Labute approximate surface area is 134 Å². The minimum Gasteiger partial charge on any atom is -0.454 e. The molecule has 2 heterocycles. The Bertz CT molecular complexity index is 657. The summed E-state index contributed by atoms with van der Waals surface area (Å²) >= 11 is 0. The predicted molar refractivity (Wildman–Crippen MR) is 84.2 cm³/mol. The Morgan fingerprint density at radius 1 is 1.35 bits per heavy atom. The number of fused-ring (bicyclic) bond motifs is 1. The maximum atomic E-state index is 11.9. The summed E-state index contributed by atoms with van der Waals surface area (Å²) in [6.45, 7) is 4.12. The third-order valence-electron chi connectivity index (χ3n) is 3.56. The van der Waals surface area contributed by atoms with Crippen LogP contribution in [0.25, 0.3) is 0 Å². The molecule has 2 amide bonds. The van der Waals surface area contributed by atoms with Gasteiger partial charge in [0.05, 0.1) is 0 Å². The molecule has 3 rings (SSSR count). The molecule has 1 aromatic heterocycles. The van der Waals surface area contributed by atoms with Crippen molar-refractivity contribution in [3.63, 3.8) is 0 Å². The van der Waals surface area contributed by atoms with Crippen molar-refractivity contribution in [2.45, 2.75) is 20.0 Å². The van der Waals surface area contributed by atoms with Crippen molar-refractivity contribution in [2.75, 3.05) is 13.3 Å². The highest BCUT2D eigenvalue weighted by Gasteiger charge is 2.13. The van der Waals surface area contributed by atoms with Gasteiger partial charge in [-0.2, -0.15) is 5.10 Å². The predicted octanol–water partition coefficient (Wildman–Crippen LogP) is 1.75. The van der Waals surface area contributed by atoms with Crippen molar-refractivity contribution in [3.8, 4) is 11.5 Å². The van der Waals surface area contributed by atoms with E-state index in [1.54, 1.807) is 6.20 Å². The second kappa shape index (κ2) is 7.04. The van der Waals surface area contributed by atoms with E-state index in [0.717, 1.165) is 23.6 Å². The van der Waals surface area contributed by atoms with E-state index < -0.39 is 0 Å². The Morgan fingerprint density at radius 2 is 2.22 bits per heavy atom. The van der Waals surface area contributed by atoms with Gasteiger partial charge in [-0.15, -0.1) is 0 Å². The van der Waals surface area contributed by atoms with Crippen LogP contribution in [0.3, 0.4) is 0 Å². The normalized spacial score (nSPS) is 13.6. The molecule has 0 radical (unpaired) electrons. The minimum atomic E-state index is -0.185. The van der Waals surface area contributed by atoms with Gasteiger partial charge in [-0.1, -0.05) is 13.0 Å². The summed E-state index contributed by atoms with van der Waals surface area (Å²) in [6.07, 6.45) is 3.66. The van der Waals surface area contributed by atoms with E-state index in [9.17, 15) is 4.79 Å². The van der Waals surface area contributed by atoms with E-state index in [0.29, 0.717) is 19.0 Å². The van der Waals surface area contributed by atoms with E-state index >= 15 is 0 Å². The summed E-state index contributed by atoms with van der Waals surface area (Å²) in [5.74, 6) is 1.76. The van der Waals surface area contributed by atoms with Gasteiger partial charge < -0.3 is 20.1 Å². The van der Waals surface area contributed by atoms with Crippen molar-refractivity contribution in [1.29, 1.82) is 0 Å². The molecule has 7 heteroatoms. The molecular weight excluding hydrogens is 296 g/mol. The fourth-order valence-corrected chi connectivity index (χ4v) is 2.36. The largest absolute Gasteiger partial charge is 0.454 e. The smallest absolute Gasteiger partial charge is 0.315 e. The molecule has 122 valence electrons. The Balaban J connectivity index is 1.39. The van der Waals surface area contributed by atoms with Crippen LogP contribution in [0, 0.1) is 5.92 Å². The number of ether oxygens (including phenoxy) is 2. The Kier molecular flexibility index (Phi) is 4.65. The Morgan fingerprint density at radius 3 is 3.04 bits per heavy atom. The molecule has 2 aromatic rings. The molecule has 1 aromatic carbocycles. The zero-order valence-corrected chi connectivity index (χ0v) is 13.0. The fraction of sp³-hybridized carbons (Fsp3) is 0.375. The molecule has 1 atom stereocenters. The van der Waals surface area contributed by atoms with Crippen LogP contribution in [-0.4, -0.2) is 29.1 Å². The highest BCUT2D eigenvalue weighted by Crippen LogP contribution is 2.32. The maximum absolute atomic E-state index is 11.9. The zero-order valence-electron chi connectivity index (χ0n) is 13.0. The summed E-state index contributed by atoms with van der Waals surface area (Å²) in [5, 5.41) is 9.86. The summed E-state index contributed by atoms with van der Waals surface area (Å²) in [6, 6.07) is 7.34. The molecule has 0 saturated heterocycles. The number of carbonyl (C=O) groups is 1. The lowest BCUT2D eigenvalue weighted by Crippen LogP contribution is -2.38. The summed E-state index contributed by atoms with van der Waals surface area (Å²) in [5.41, 5.74) is 0.967. The van der Waals surface area contributed by atoms with Crippen molar-refractivity contribution in [1.82, 2.24) is 20.4 Å².